The second kappa shape index (κ2) is 9.78. The van der Waals surface area contributed by atoms with Gasteiger partial charge in [-0.2, -0.15) is 0 Å². The fourth-order valence-corrected chi connectivity index (χ4v) is 2.95. The van der Waals surface area contributed by atoms with Crippen LogP contribution in [-0.4, -0.2) is 53.1 Å². The lowest BCUT2D eigenvalue weighted by molar-refractivity contribution is -0.920. The lowest BCUT2D eigenvalue weighted by Gasteiger charge is -2.22. The zero-order chi connectivity index (χ0) is 16.5. The number of benzene rings is 1. The number of hydrogen-bond acceptors (Lipinski definition) is 3. The summed E-state index contributed by atoms with van der Waals surface area (Å²) in [4.78, 5) is 1.62. The standard InChI is InChI=1S/C17H25ClN2O3/c1-3-8-23-17-15(18)11-14(12-16(17)21-2)13-19-4-5-20-6-9-22-10-7-20/h3,11-12,19H,1,4-10,13H2,2H3/p+2. The van der Waals surface area contributed by atoms with Crippen LogP contribution in [0.25, 0.3) is 0 Å². The van der Waals surface area contributed by atoms with Crippen molar-refractivity contribution in [3.63, 3.8) is 0 Å². The smallest absolute Gasteiger partial charge is 0.180 e. The van der Waals surface area contributed by atoms with E-state index in [9.17, 15) is 0 Å². The van der Waals surface area contributed by atoms with Crippen LogP contribution < -0.4 is 19.7 Å². The molecule has 0 amide bonds. The summed E-state index contributed by atoms with van der Waals surface area (Å²) in [5.74, 6) is 1.25. The maximum absolute atomic E-state index is 6.31. The molecule has 1 saturated heterocycles. The lowest BCUT2D eigenvalue weighted by atomic mass is 10.2. The number of halogens is 1. The topological polar surface area (TPSA) is 48.7 Å². The van der Waals surface area contributed by atoms with Gasteiger partial charge >= 0.3 is 0 Å². The van der Waals surface area contributed by atoms with E-state index in [-0.39, 0.29) is 0 Å². The van der Waals surface area contributed by atoms with Crippen LogP contribution in [0.1, 0.15) is 5.56 Å². The van der Waals surface area contributed by atoms with Crippen LogP contribution in [0.5, 0.6) is 11.5 Å². The molecule has 1 aliphatic rings. The summed E-state index contributed by atoms with van der Waals surface area (Å²) >= 11 is 6.31. The third-order valence-electron chi connectivity index (χ3n) is 3.92. The summed E-state index contributed by atoms with van der Waals surface area (Å²) in [6.07, 6.45) is 1.69. The van der Waals surface area contributed by atoms with E-state index in [1.165, 1.54) is 0 Å². The van der Waals surface area contributed by atoms with Crippen LogP contribution in [0, 0.1) is 0 Å². The minimum atomic E-state index is 0.407. The monoisotopic (exact) mass is 342 g/mol. The molecule has 2 rings (SSSR count). The first-order valence-electron chi connectivity index (χ1n) is 8.07. The summed E-state index contributed by atoms with van der Waals surface area (Å²) < 4.78 is 16.3. The number of quaternary nitrogens is 2. The Labute approximate surface area is 143 Å². The third-order valence-corrected chi connectivity index (χ3v) is 4.20. The summed E-state index contributed by atoms with van der Waals surface area (Å²) in [6, 6.07) is 3.93. The molecule has 0 aromatic heterocycles. The first kappa shape index (κ1) is 18.1. The Morgan fingerprint density at radius 1 is 1.39 bits per heavy atom. The molecule has 1 aliphatic heterocycles. The average Bonchev–Trinajstić information content (AvgIpc) is 2.58. The highest BCUT2D eigenvalue weighted by molar-refractivity contribution is 6.32. The quantitative estimate of drug-likeness (QED) is 0.486. The van der Waals surface area contributed by atoms with Gasteiger partial charge in [0, 0.05) is 5.56 Å². The summed E-state index contributed by atoms with van der Waals surface area (Å²) in [7, 11) is 1.63. The highest BCUT2D eigenvalue weighted by atomic mass is 35.5. The molecule has 23 heavy (non-hydrogen) atoms. The molecule has 3 N–H and O–H groups in total. The number of nitrogens with one attached hydrogen (secondary N) is 1. The van der Waals surface area contributed by atoms with Gasteiger partial charge in [-0.1, -0.05) is 24.3 Å². The van der Waals surface area contributed by atoms with E-state index in [2.05, 4.69) is 11.9 Å². The molecule has 0 atom stereocenters. The fourth-order valence-electron chi connectivity index (χ4n) is 2.66. The van der Waals surface area contributed by atoms with E-state index in [4.69, 9.17) is 25.8 Å². The average molecular weight is 343 g/mol. The Morgan fingerprint density at radius 2 is 2.17 bits per heavy atom. The SMILES string of the molecule is C=CCOc1c(Cl)cc(C[NH2+]CC[NH+]2CCOCC2)cc1OC. The largest absolute Gasteiger partial charge is 0.493 e. The second-order valence-electron chi connectivity index (χ2n) is 5.60. The van der Waals surface area contributed by atoms with Gasteiger partial charge in [0.15, 0.2) is 11.5 Å². The van der Waals surface area contributed by atoms with Crippen LogP contribution in [0.2, 0.25) is 5.02 Å². The minimum Gasteiger partial charge on any atom is -0.493 e. The zero-order valence-corrected chi connectivity index (χ0v) is 14.5. The molecule has 128 valence electrons. The Hall–Kier alpha value is -1.27. The van der Waals surface area contributed by atoms with Crippen molar-refractivity contribution in [3.05, 3.63) is 35.4 Å². The van der Waals surface area contributed by atoms with Gasteiger partial charge in [-0.05, 0) is 12.1 Å². The molecule has 0 spiro atoms. The molecule has 0 saturated carbocycles. The van der Waals surface area contributed by atoms with E-state index in [1.54, 1.807) is 18.1 Å². The predicted octanol–water partition coefficient (Wildman–Crippen LogP) is -0.108. The van der Waals surface area contributed by atoms with Crippen LogP contribution in [0.15, 0.2) is 24.8 Å². The van der Waals surface area contributed by atoms with Crippen molar-refractivity contribution in [1.29, 1.82) is 0 Å². The maximum Gasteiger partial charge on any atom is 0.180 e. The van der Waals surface area contributed by atoms with E-state index >= 15 is 0 Å². The third kappa shape index (κ3) is 5.70. The maximum atomic E-state index is 6.31. The van der Waals surface area contributed by atoms with Crippen molar-refractivity contribution < 1.29 is 24.4 Å². The number of methoxy groups -OCH3 is 1. The summed E-state index contributed by atoms with van der Waals surface area (Å²) in [5, 5.41) is 2.88. The second-order valence-corrected chi connectivity index (χ2v) is 6.01. The number of ether oxygens (including phenoxy) is 3. The van der Waals surface area contributed by atoms with Gasteiger partial charge in [-0.25, -0.2) is 0 Å². The Bertz CT molecular complexity index is 505. The van der Waals surface area contributed by atoms with Crippen molar-refractivity contribution in [3.8, 4) is 11.5 Å². The molecule has 5 nitrogen and oxygen atoms in total. The molecule has 0 aliphatic carbocycles. The van der Waals surface area contributed by atoms with Gasteiger partial charge in [-0.3, -0.25) is 0 Å². The van der Waals surface area contributed by atoms with Gasteiger partial charge in [-0.15, -0.1) is 0 Å². The molecule has 1 heterocycles. The first-order valence-corrected chi connectivity index (χ1v) is 8.45. The van der Waals surface area contributed by atoms with Crippen molar-refractivity contribution in [1.82, 2.24) is 0 Å². The van der Waals surface area contributed by atoms with Crippen molar-refractivity contribution >= 4 is 11.6 Å². The molecule has 1 fully saturated rings. The summed E-state index contributed by atoms with van der Waals surface area (Å²) in [5.41, 5.74) is 1.13. The highest BCUT2D eigenvalue weighted by Gasteiger charge is 2.15. The molecule has 6 heteroatoms. The van der Waals surface area contributed by atoms with Gasteiger partial charge in [0.1, 0.15) is 39.3 Å². The molecule has 1 aromatic rings. The Morgan fingerprint density at radius 3 is 2.87 bits per heavy atom. The van der Waals surface area contributed by atoms with Crippen LogP contribution in [0.3, 0.4) is 0 Å². The van der Waals surface area contributed by atoms with E-state index in [0.29, 0.717) is 23.1 Å². The van der Waals surface area contributed by atoms with Crippen molar-refractivity contribution in [2.75, 3.05) is 53.1 Å². The van der Waals surface area contributed by atoms with Crippen molar-refractivity contribution in [2.24, 2.45) is 0 Å². The normalized spacial score (nSPS) is 15.4. The molecule has 0 unspecified atom stereocenters. The van der Waals surface area contributed by atoms with Gasteiger partial charge in [0.2, 0.25) is 0 Å². The molecule has 0 radical (unpaired) electrons. The van der Waals surface area contributed by atoms with E-state index < -0.39 is 0 Å². The number of hydrogen-bond donors (Lipinski definition) is 2. The Kier molecular flexibility index (Phi) is 7.68. The number of rotatable bonds is 9. The fraction of sp³-hybridized carbons (Fsp3) is 0.529. The zero-order valence-electron chi connectivity index (χ0n) is 13.8. The van der Waals surface area contributed by atoms with Crippen LogP contribution in [0.4, 0.5) is 0 Å². The van der Waals surface area contributed by atoms with Crippen LogP contribution in [-0.2, 0) is 11.3 Å². The lowest BCUT2D eigenvalue weighted by Crippen LogP contribution is -3.16. The number of morpholine rings is 1. The van der Waals surface area contributed by atoms with Crippen molar-refractivity contribution in [2.45, 2.75) is 6.54 Å². The predicted molar refractivity (Wildman–Crippen MR) is 90.6 cm³/mol. The van der Waals surface area contributed by atoms with Gasteiger partial charge in [0.25, 0.3) is 0 Å². The Balaban J connectivity index is 1.84. The first-order chi connectivity index (χ1) is 11.2. The molecular formula is C17H27ClN2O3+2. The molecule has 1 aromatic carbocycles. The highest BCUT2D eigenvalue weighted by Crippen LogP contribution is 2.36. The number of nitrogens with two attached hydrogens (primary N) is 1. The van der Waals surface area contributed by atoms with E-state index in [0.717, 1.165) is 51.5 Å². The minimum absolute atomic E-state index is 0.407. The van der Waals surface area contributed by atoms with Gasteiger partial charge < -0.3 is 24.4 Å². The molecular weight excluding hydrogens is 316 g/mol. The van der Waals surface area contributed by atoms with E-state index in [1.807, 2.05) is 12.1 Å². The molecule has 0 bridgehead atoms. The van der Waals surface area contributed by atoms with Gasteiger partial charge in [0.05, 0.1) is 25.3 Å². The summed E-state index contributed by atoms with van der Waals surface area (Å²) in [6.45, 7) is 11.2. The van der Waals surface area contributed by atoms with Crippen LogP contribution >= 0.6 is 11.6 Å².